The number of methoxy groups -OCH3 is 1. The Hall–Kier alpha value is -3.43. The van der Waals surface area contributed by atoms with E-state index in [2.05, 4.69) is 20.6 Å². The van der Waals surface area contributed by atoms with E-state index >= 15 is 0 Å². The molecule has 160 valence electrons. The van der Waals surface area contributed by atoms with Crippen molar-refractivity contribution in [3.63, 3.8) is 0 Å². The first-order valence-electron chi connectivity index (χ1n) is 9.31. The van der Waals surface area contributed by atoms with Gasteiger partial charge in [-0.3, -0.25) is 10.1 Å². The highest BCUT2D eigenvalue weighted by Crippen LogP contribution is 2.19. The summed E-state index contributed by atoms with van der Waals surface area (Å²) in [5, 5.41) is 7.63. The van der Waals surface area contributed by atoms with Crippen molar-refractivity contribution in [1.82, 2.24) is 5.43 Å². The Morgan fingerprint density at radius 3 is 2.16 bits per heavy atom. The summed E-state index contributed by atoms with van der Waals surface area (Å²) < 4.78 is 32.9. The second kappa shape index (κ2) is 10.1. The Morgan fingerprint density at radius 1 is 0.903 bits per heavy atom. The summed E-state index contributed by atoms with van der Waals surface area (Å²) in [4.78, 5) is 0.147. The van der Waals surface area contributed by atoms with E-state index < -0.39 is 10.0 Å². The number of hydrazone groups is 1. The number of benzene rings is 3. The van der Waals surface area contributed by atoms with Crippen molar-refractivity contribution >= 4 is 44.4 Å². The van der Waals surface area contributed by atoms with Gasteiger partial charge >= 0.3 is 0 Å². The fourth-order valence-electron chi connectivity index (χ4n) is 2.63. The molecule has 0 heterocycles. The molecule has 0 aliphatic carbocycles. The van der Waals surface area contributed by atoms with Crippen LogP contribution in [0.25, 0.3) is 0 Å². The number of ether oxygens (including phenoxy) is 1. The van der Waals surface area contributed by atoms with Gasteiger partial charge in [0.1, 0.15) is 5.75 Å². The molecule has 0 atom stereocenters. The van der Waals surface area contributed by atoms with Crippen LogP contribution in [0.5, 0.6) is 5.75 Å². The van der Waals surface area contributed by atoms with Crippen molar-refractivity contribution < 1.29 is 13.2 Å². The summed E-state index contributed by atoms with van der Waals surface area (Å²) in [7, 11) is -2.16. The number of nitrogens with one attached hydrogen (secondary N) is 3. The maximum Gasteiger partial charge on any atom is 0.261 e. The molecule has 0 bridgehead atoms. The molecule has 0 unspecified atom stereocenters. The third-order valence-corrected chi connectivity index (χ3v) is 5.87. The molecule has 0 amide bonds. The van der Waals surface area contributed by atoms with Crippen LogP contribution < -0.4 is 20.2 Å². The lowest BCUT2D eigenvalue weighted by molar-refractivity contribution is 0.415. The molecule has 0 fully saturated rings. The van der Waals surface area contributed by atoms with E-state index in [1.54, 1.807) is 50.4 Å². The minimum absolute atomic E-state index is 0.147. The van der Waals surface area contributed by atoms with Crippen LogP contribution in [-0.2, 0) is 10.0 Å². The van der Waals surface area contributed by atoms with Crippen molar-refractivity contribution in [2.75, 3.05) is 17.1 Å². The third kappa shape index (κ3) is 6.27. The molecule has 0 saturated carbocycles. The predicted octanol–water partition coefficient (Wildman–Crippen LogP) is 4.21. The molecule has 0 radical (unpaired) electrons. The molecule has 3 rings (SSSR count). The standard InChI is InChI=1S/C22H22N4O3S2/c1-16(24-25-22(30)23-18-6-4-3-5-7-18)17-8-14-21(15-9-17)31(27,28)26-19-10-12-20(29-2)13-11-19/h3-15,26H,1-2H3,(H2,23,25,30). The summed E-state index contributed by atoms with van der Waals surface area (Å²) in [5.41, 5.74) is 5.51. The van der Waals surface area contributed by atoms with E-state index in [1.165, 1.54) is 12.1 Å². The number of rotatable bonds is 7. The highest BCUT2D eigenvalue weighted by atomic mass is 32.2. The second-order valence-electron chi connectivity index (χ2n) is 6.49. The minimum atomic E-state index is -3.71. The smallest absolute Gasteiger partial charge is 0.261 e. The van der Waals surface area contributed by atoms with Crippen molar-refractivity contribution in [3.05, 3.63) is 84.4 Å². The van der Waals surface area contributed by atoms with Gasteiger partial charge in [0.15, 0.2) is 5.11 Å². The van der Waals surface area contributed by atoms with Gasteiger partial charge in [-0.2, -0.15) is 5.10 Å². The van der Waals surface area contributed by atoms with Gasteiger partial charge in [0.2, 0.25) is 0 Å². The molecular formula is C22H22N4O3S2. The fraction of sp³-hybridized carbons (Fsp3) is 0.0909. The summed E-state index contributed by atoms with van der Waals surface area (Å²) in [5.74, 6) is 0.647. The van der Waals surface area contributed by atoms with Crippen molar-refractivity contribution in [2.45, 2.75) is 11.8 Å². The first-order chi connectivity index (χ1) is 14.9. The highest BCUT2D eigenvalue weighted by molar-refractivity contribution is 7.92. The van der Waals surface area contributed by atoms with Crippen LogP contribution in [0.15, 0.2) is 88.9 Å². The normalized spacial score (nSPS) is 11.5. The molecule has 31 heavy (non-hydrogen) atoms. The summed E-state index contributed by atoms with van der Waals surface area (Å²) in [6, 6.07) is 22.6. The lowest BCUT2D eigenvalue weighted by Gasteiger charge is -2.10. The van der Waals surface area contributed by atoms with E-state index in [4.69, 9.17) is 17.0 Å². The Balaban J connectivity index is 1.63. The van der Waals surface area contributed by atoms with Gasteiger partial charge < -0.3 is 10.1 Å². The number of hydrogen-bond donors (Lipinski definition) is 3. The molecule has 9 heteroatoms. The molecular weight excluding hydrogens is 432 g/mol. The van der Waals surface area contributed by atoms with Crippen molar-refractivity contribution in [1.29, 1.82) is 0 Å². The third-order valence-electron chi connectivity index (χ3n) is 4.28. The van der Waals surface area contributed by atoms with Gasteiger partial charge in [-0.25, -0.2) is 8.42 Å². The SMILES string of the molecule is COc1ccc(NS(=O)(=O)c2ccc(C(C)=NNC(=S)Nc3ccccc3)cc2)cc1. The molecule has 0 spiro atoms. The van der Waals surface area contributed by atoms with Crippen LogP contribution in [-0.4, -0.2) is 26.4 Å². The number of anilines is 2. The summed E-state index contributed by atoms with van der Waals surface area (Å²) in [6.07, 6.45) is 0. The zero-order valence-corrected chi connectivity index (χ0v) is 18.6. The minimum Gasteiger partial charge on any atom is -0.497 e. The maximum absolute atomic E-state index is 12.6. The quantitative estimate of drug-likeness (QED) is 0.281. The van der Waals surface area contributed by atoms with Crippen LogP contribution in [0.4, 0.5) is 11.4 Å². The van der Waals surface area contributed by atoms with Crippen LogP contribution in [0.1, 0.15) is 12.5 Å². The van der Waals surface area contributed by atoms with Gasteiger partial charge in [0.05, 0.1) is 17.7 Å². The van der Waals surface area contributed by atoms with E-state index in [0.717, 1.165) is 11.3 Å². The molecule has 0 aromatic heterocycles. The maximum atomic E-state index is 12.6. The molecule has 7 nitrogen and oxygen atoms in total. The molecule has 0 aliphatic heterocycles. The molecule has 3 N–H and O–H groups in total. The largest absolute Gasteiger partial charge is 0.497 e. The lowest BCUT2D eigenvalue weighted by Crippen LogP contribution is -2.24. The Bertz CT molecular complexity index is 1160. The lowest BCUT2D eigenvalue weighted by atomic mass is 10.1. The zero-order chi connectivity index (χ0) is 22.3. The van der Waals surface area contributed by atoms with Crippen molar-refractivity contribution in [3.8, 4) is 5.75 Å². The first-order valence-corrected chi connectivity index (χ1v) is 11.2. The predicted molar refractivity (Wildman–Crippen MR) is 128 cm³/mol. The van der Waals surface area contributed by atoms with E-state index in [-0.39, 0.29) is 4.90 Å². The number of thiocarbonyl (C=S) groups is 1. The van der Waals surface area contributed by atoms with Crippen LogP contribution in [0.2, 0.25) is 0 Å². The van der Waals surface area contributed by atoms with Gasteiger partial charge in [0, 0.05) is 11.4 Å². The van der Waals surface area contributed by atoms with E-state index in [1.807, 2.05) is 30.3 Å². The zero-order valence-electron chi connectivity index (χ0n) is 17.0. The Labute approximate surface area is 187 Å². The fourth-order valence-corrected chi connectivity index (χ4v) is 3.85. The molecule has 0 aliphatic rings. The highest BCUT2D eigenvalue weighted by Gasteiger charge is 2.14. The summed E-state index contributed by atoms with van der Waals surface area (Å²) in [6.45, 7) is 1.80. The molecule has 0 saturated heterocycles. The second-order valence-corrected chi connectivity index (χ2v) is 8.58. The number of sulfonamides is 1. The average molecular weight is 455 g/mol. The monoisotopic (exact) mass is 454 g/mol. The summed E-state index contributed by atoms with van der Waals surface area (Å²) >= 11 is 5.23. The van der Waals surface area contributed by atoms with Gasteiger partial charge in [0.25, 0.3) is 10.0 Å². The Morgan fingerprint density at radius 2 is 1.55 bits per heavy atom. The average Bonchev–Trinajstić information content (AvgIpc) is 2.78. The van der Waals surface area contributed by atoms with Gasteiger partial charge in [-0.1, -0.05) is 30.3 Å². The number of para-hydroxylation sites is 1. The molecule has 3 aromatic rings. The van der Waals surface area contributed by atoms with Crippen LogP contribution in [0, 0.1) is 0 Å². The first kappa shape index (κ1) is 22.3. The Kier molecular flexibility index (Phi) is 7.22. The number of hydrogen-bond acceptors (Lipinski definition) is 5. The van der Waals surface area contributed by atoms with Gasteiger partial charge in [-0.05, 0) is 73.2 Å². The van der Waals surface area contributed by atoms with Crippen LogP contribution >= 0.6 is 12.2 Å². The number of nitrogens with zero attached hydrogens (tertiary/aromatic N) is 1. The van der Waals surface area contributed by atoms with E-state index in [9.17, 15) is 8.42 Å². The van der Waals surface area contributed by atoms with Gasteiger partial charge in [-0.15, -0.1) is 0 Å². The molecule has 3 aromatic carbocycles. The van der Waals surface area contributed by atoms with Crippen molar-refractivity contribution in [2.24, 2.45) is 5.10 Å². The topological polar surface area (TPSA) is 91.8 Å². The van der Waals surface area contributed by atoms with E-state index in [0.29, 0.717) is 22.3 Å². The van der Waals surface area contributed by atoms with Crippen LogP contribution in [0.3, 0.4) is 0 Å².